The van der Waals surface area contributed by atoms with Gasteiger partial charge in [0, 0.05) is 42.5 Å². The lowest BCUT2D eigenvalue weighted by molar-refractivity contribution is 0.0983. The number of ether oxygens (including phenoxy) is 1. The Morgan fingerprint density at radius 2 is 1.97 bits per heavy atom. The molecule has 1 saturated heterocycles. The lowest BCUT2D eigenvalue weighted by Gasteiger charge is -2.37. The summed E-state index contributed by atoms with van der Waals surface area (Å²) in [5, 5.41) is 9.05. The van der Waals surface area contributed by atoms with Gasteiger partial charge < -0.3 is 24.4 Å². The van der Waals surface area contributed by atoms with Crippen LogP contribution in [0.4, 0.5) is 22.1 Å². The van der Waals surface area contributed by atoms with E-state index in [0.717, 1.165) is 43.1 Å². The van der Waals surface area contributed by atoms with E-state index in [0.29, 0.717) is 30.5 Å². The maximum absolute atomic E-state index is 12.1. The highest BCUT2D eigenvalue weighted by molar-refractivity contribution is 5.99. The van der Waals surface area contributed by atoms with Gasteiger partial charge in [0.15, 0.2) is 11.6 Å². The Balaban J connectivity index is 1.40. The minimum atomic E-state index is -0.395. The number of nitrogens with one attached hydrogen (secondary N) is 2. The quantitative estimate of drug-likeness (QED) is 0.626. The molecule has 0 saturated carbocycles. The summed E-state index contributed by atoms with van der Waals surface area (Å²) in [5.74, 6) is 2.06. The second-order valence-corrected chi connectivity index (χ2v) is 8.44. The van der Waals surface area contributed by atoms with Gasteiger partial charge in [-0.25, -0.2) is 14.8 Å². The molecule has 33 heavy (non-hydrogen) atoms. The molecule has 1 fully saturated rings. The molecule has 0 radical (unpaired) electrons. The van der Waals surface area contributed by atoms with Crippen LogP contribution in [0, 0.1) is 0 Å². The molecule has 1 atom stereocenters. The van der Waals surface area contributed by atoms with Crippen molar-refractivity contribution in [2.75, 3.05) is 48.9 Å². The minimum absolute atomic E-state index is 0.264. The van der Waals surface area contributed by atoms with E-state index in [1.54, 1.807) is 6.07 Å². The summed E-state index contributed by atoms with van der Waals surface area (Å²) in [6.07, 6.45) is 2.34. The fourth-order valence-electron chi connectivity index (χ4n) is 4.21. The average Bonchev–Trinajstić information content (AvgIpc) is 3.32. The fraction of sp³-hybridized carbons (Fsp3) is 0.391. The van der Waals surface area contributed by atoms with Gasteiger partial charge in [-0.15, -0.1) is 0 Å². The molecule has 3 aromatic rings. The molecule has 2 N–H and O–H groups in total. The molecular formula is C23H27N7O3. The number of urea groups is 1. The Morgan fingerprint density at radius 1 is 1.12 bits per heavy atom. The van der Waals surface area contributed by atoms with Crippen LogP contribution in [-0.4, -0.2) is 65.4 Å². The molecule has 0 bridgehead atoms. The second-order valence-electron chi connectivity index (χ2n) is 8.44. The van der Waals surface area contributed by atoms with Crippen LogP contribution in [0.1, 0.15) is 18.2 Å². The van der Waals surface area contributed by atoms with E-state index >= 15 is 0 Å². The number of benzene rings is 1. The highest BCUT2D eigenvalue weighted by atomic mass is 16.5. The fourth-order valence-corrected chi connectivity index (χ4v) is 4.21. The number of hydrogen-bond donors (Lipinski definition) is 2. The molecule has 5 rings (SSSR count). The van der Waals surface area contributed by atoms with Gasteiger partial charge in [-0.3, -0.25) is 5.32 Å². The normalized spacial score (nSPS) is 18.6. The highest BCUT2D eigenvalue weighted by Crippen LogP contribution is 2.31. The number of hydrogen-bond acceptors (Lipinski definition) is 8. The van der Waals surface area contributed by atoms with Gasteiger partial charge in [-0.05, 0) is 44.7 Å². The number of aromatic nitrogens is 3. The molecule has 1 aromatic carbocycles. The smallest absolute Gasteiger partial charge is 0.324 e. The van der Waals surface area contributed by atoms with E-state index in [-0.39, 0.29) is 6.04 Å². The molecule has 10 heteroatoms. The second kappa shape index (κ2) is 9.16. The number of carbonyl (C=O) groups excluding carboxylic acids is 1. The van der Waals surface area contributed by atoms with Crippen molar-refractivity contribution in [1.82, 2.24) is 20.0 Å². The van der Waals surface area contributed by atoms with Crippen LogP contribution < -0.4 is 15.5 Å². The SMILES string of the molecule is CC1COCCN1c1nc(-c2ccc(NC(=O)Nc3ccon3)cc2)nc2c1CCN(C)C2. The largest absolute Gasteiger partial charge is 0.377 e. The van der Waals surface area contributed by atoms with Crippen LogP contribution in [0.3, 0.4) is 0 Å². The third kappa shape index (κ3) is 4.67. The van der Waals surface area contributed by atoms with Gasteiger partial charge in [-0.1, -0.05) is 5.16 Å². The monoisotopic (exact) mass is 449 g/mol. The summed E-state index contributed by atoms with van der Waals surface area (Å²) < 4.78 is 10.4. The van der Waals surface area contributed by atoms with Crippen LogP contribution in [0.5, 0.6) is 0 Å². The third-order valence-corrected chi connectivity index (χ3v) is 5.95. The maximum Gasteiger partial charge on any atom is 0.324 e. The van der Waals surface area contributed by atoms with Gasteiger partial charge in [0.2, 0.25) is 0 Å². The number of amides is 2. The van der Waals surface area contributed by atoms with Crippen LogP contribution in [0.2, 0.25) is 0 Å². The van der Waals surface area contributed by atoms with Crippen LogP contribution in [0.25, 0.3) is 11.4 Å². The van der Waals surface area contributed by atoms with E-state index in [4.69, 9.17) is 19.2 Å². The van der Waals surface area contributed by atoms with Crippen LogP contribution in [0.15, 0.2) is 41.1 Å². The zero-order valence-corrected chi connectivity index (χ0v) is 18.7. The molecule has 0 spiro atoms. The first-order valence-corrected chi connectivity index (χ1v) is 11.1. The number of anilines is 3. The van der Waals surface area contributed by atoms with Gasteiger partial charge in [-0.2, -0.15) is 0 Å². The molecule has 1 unspecified atom stereocenters. The average molecular weight is 450 g/mol. The summed E-state index contributed by atoms with van der Waals surface area (Å²) in [7, 11) is 2.12. The van der Waals surface area contributed by atoms with Crippen molar-refractivity contribution in [2.24, 2.45) is 0 Å². The topological polar surface area (TPSA) is 109 Å². The first-order valence-electron chi connectivity index (χ1n) is 11.1. The van der Waals surface area contributed by atoms with Crippen LogP contribution >= 0.6 is 0 Å². The summed E-state index contributed by atoms with van der Waals surface area (Å²) in [6, 6.07) is 8.96. The van der Waals surface area contributed by atoms with Crippen molar-refractivity contribution in [3.05, 3.63) is 47.9 Å². The molecule has 10 nitrogen and oxygen atoms in total. The zero-order chi connectivity index (χ0) is 22.8. The number of morpholine rings is 1. The number of carbonyl (C=O) groups is 1. The Morgan fingerprint density at radius 3 is 2.73 bits per heavy atom. The number of rotatable bonds is 4. The summed E-state index contributed by atoms with van der Waals surface area (Å²) in [6.45, 7) is 6.20. The molecule has 0 aliphatic carbocycles. The third-order valence-electron chi connectivity index (χ3n) is 5.95. The number of likely N-dealkylation sites (N-methyl/N-ethyl adjacent to an activating group) is 1. The molecule has 4 heterocycles. The van der Waals surface area contributed by atoms with Crippen molar-refractivity contribution in [3.63, 3.8) is 0 Å². The van der Waals surface area contributed by atoms with Crippen molar-refractivity contribution in [2.45, 2.75) is 25.9 Å². The van der Waals surface area contributed by atoms with Crippen LogP contribution in [-0.2, 0) is 17.7 Å². The van der Waals surface area contributed by atoms with Gasteiger partial charge in [0.1, 0.15) is 12.1 Å². The molecule has 2 amide bonds. The van der Waals surface area contributed by atoms with Crippen molar-refractivity contribution in [1.29, 1.82) is 0 Å². The molecule has 2 aromatic heterocycles. The zero-order valence-electron chi connectivity index (χ0n) is 18.7. The van der Waals surface area contributed by atoms with E-state index in [9.17, 15) is 4.79 Å². The maximum atomic E-state index is 12.1. The lowest BCUT2D eigenvalue weighted by Crippen LogP contribution is -2.45. The Labute approximate surface area is 191 Å². The van der Waals surface area contributed by atoms with E-state index in [2.05, 4.69) is 39.6 Å². The van der Waals surface area contributed by atoms with Crippen molar-refractivity contribution < 1.29 is 14.1 Å². The molecular weight excluding hydrogens is 422 g/mol. The summed E-state index contributed by atoms with van der Waals surface area (Å²) in [4.78, 5) is 26.7. The van der Waals surface area contributed by atoms with Gasteiger partial charge in [0.25, 0.3) is 0 Å². The first kappa shape index (κ1) is 21.4. The first-order chi connectivity index (χ1) is 16.1. The van der Waals surface area contributed by atoms with E-state index in [1.165, 1.54) is 11.8 Å². The summed E-state index contributed by atoms with van der Waals surface area (Å²) in [5.41, 5.74) is 3.88. The number of fused-ring (bicyclic) bond motifs is 1. The van der Waals surface area contributed by atoms with Crippen molar-refractivity contribution >= 4 is 23.4 Å². The Bertz CT molecular complexity index is 1120. The van der Waals surface area contributed by atoms with E-state index < -0.39 is 6.03 Å². The Hall–Kier alpha value is -3.50. The Kier molecular flexibility index (Phi) is 5.93. The number of nitrogens with zero attached hydrogens (tertiary/aromatic N) is 5. The lowest BCUT2D eigenvalue weighted by atomic mass is 10.0. The molecule has 2 aliphatic heterocycles. The molecule has 172 valence electrons. The summed E-state index contributed by atoms with van der Waals surface area (Å²) >= 11 is 0. The van der Waals surface area contributed by atoms with Crippen molar-refractivity contribution in [3.8, 4) is 11.4 Å². The predicted molar refractivity (Wildman–Crippen MR) is 124 cm³/mol. The molecule has 2 aliphatic rings. The van der Waals surface area contributed by atoms with E-state index in [1.807, 2.05) is 24.3 Å². The highest BCUT2D eigenvalue weighted by Gasteiger charge is 2.28. The van der Waals surface area contributed by atoms with Gasteiger partial charge in [0.05, 0.1) is 24.9 Å². The van der Waals surface area contributed by atoms with Gasteiger partial charge >= 0.3 is 6.03 Å². The minimum Gasteiger partial charge on any atom is -0.377 e. The standard InChI is InChI=1S/C23H27N7O3/c1-15-14-32-12-10-30(15)22-18-7-9-29(2)13-19(18)25-21(27-22)16-3-5-17(6-4-16)24-23(31)26-20-8-11-33-28-20/h3-6,8,11,15H,7,9-10,12-14H2,1-2H3,(H2,24,26,28,31). The predicted octanol–water partition coefficient (Wildman–Crippen LogP) is 2.99.